The lowest BCUT2D eigenvalue weighted by Gasteiger charge is -2.36. The molecule has 1 unspecified atom stereocenters. The van der Waals surface area contributed by atoms with Gasteiger partial charge in [0, 0.05) is 66.5 Å². The Balaban J connectivity index is 1.74. The second-order valence-electron chi connectivity index (χ2n) is 9.06. The van der Waals surface area contributed by atoms with Crippen LogP contribution < -0.4 is 10.6 Å². The fourth-order valence-electron chi connectivity index (χ4n) is 5.09. The number of nitrogens with zero attached hydrogens (tertiary/aromatic N) is 4. The highest BCUT2D eigenvalue weighted by Crippen LogP contribution is 2.46. The third kappa shape index (κ3) is 4.29. The summed E-state index contributed by atoms with van der Waals surface area (Å²) < 4.78 is 49.8. The number of carbonyl (C=O) groups is 1. The first-order valence-electron chi connectivity index (χ1n) is 11.8. The molecule has 11 heteroatoms. The Morgan fingerprint density at radius 2 is 1.86 bits per heavy atom. The van der Waals surface area contributed by atoms with Gasteiger partial charge >= 0.3 is 5.69 Å². The molecule has 1 saturated heterocycles. The topological polar surface area (TPSA) is 67.7 Å². The lowest BCUT2D eigenvalue weighted by molar-refractivity contribution is -0.126. The van der Waals surface area contributed by atoms with Crippen LogP contribution in [0.25, 0.3) is 22.0 Å². The molecule has 2 aromatic carbocycles. The van der Waals surface area contributed by atoms with Crippen molar-refractivity contribution in [3.05, 3.63) is 64.4 Å². The first-order valence-corrected chi connectivity index (χ1v) is 12.8. The van der Waals surface area contributed by atoms with Crippen LogP contribution in [0.5, 0.6) is 0 Å². The number of benzene rings is 2. The third-order valence-electron chi connectivity index (χ3n) is 6.83. The molecular formula is C26H25F3N4O3S. The number of aryl methyl sites for hydroxylation is 1. The largest absolute Gasteiger partial charge is 0.383 e. The summed E-state index contributed by atoms with van der Waals surface area (Å²) in [7, 11) is 1.55. The Morgan fingerprint density at radius 1 is 1.16 bits per heavy atom. The molecule has 1 aromatic heterocycles. The molecule has 37 heavy (non-hydrogen) atoms. The van der Waals surface area contributed by atoms with Crippen molar-refractivity contribution >= 4 is 34.4 Å². The number of hydrogen-bond donors (Lipinski definition) is 0. The smallest absolute Gasteiger partial charge is 0.350 e. The van der Waals surface area contributed by atoms with E-state index in [4.69, 9.17) is 4.74 Å². The standard InChI is InChI=1S/C26H25F3N4O3S/c1-4-21(34)31-5-7-32(8-6-31)25-17-9-14(2)22(16-10-19(28)20(29)11-18(16)27)24-23(17)33(26(35)30-25)15(12-36-3)13-37-24/h4,9-11,15H,1,5-8,12-13H2,2-3H3. The summed E-state index contributed by atoms with van der Waals surface area (Å²) in [5.74, 6) is -2.52. The Kier molecular flexibility index (Phi) is 6.76. The van der Waals surface area contributed by atoms with Gasteiger partial charge in [-0.1, -0.05) is 6.58 Å². The van der Waals surface area contributed by atoms with Crippen molar-refractivity contribution in [3.8, 4) is 11.1 Å². The highest BCUT2D eigenvalue weighted by atomic mass is 32.2. The summed E-state index contributed by atoms with van der Waals surface area (Å²) in [6, 6.07) is 2.89. The van der Waals surface area contributed by atoms with Gasteiger partial charge in [0.05, 0.1) is 18.2 Å². The van der Waals surface area contributed by atoms with Crippen molar-refractivity contribution in [2.45, 2.75) is 17.9 Å². The van der Waals surface area contributed by atoms with Gasteiger partial charge in [0.1, 0.15) is 11.6 Å². The van der Waals surface area contributed by atoms with Crippen molar-refractivity contribution < 1.29 is 22.7 Å². The summed E-state index contributed by atoms with van der Waals surface area (Å²) in [6.45, 7) is 7.41. The van der Waals surface area contributed by atoms with E-state index in [2.05, 4.69) is 11.6 Å². The molecule has 7 nitrogen and oxygen atoms in total. The van der Waals surface area contributed by atoms with Crippen molar-refractivity contribution in [2.75, 3.05) is 50.5 Å². The van der Waals surface area contributed by atoms with Gasteiger partial charge in [-0.3, -0.25) is 9.36 Å². The van der Waals surface area contributed by atoms with Crippen LogP contribution in [0.4, 0.5) is 19.0 Å². The number of hydrogen-bond acceptors (Lipinski definition) is 6. The maximum absolute atomic E-state index is 14.9. The van der Waals surface area contributed by atoms with Gasteiger partial charge in [-0.15, -0.1) is 11.8 Å². The van der Waals surface area contributed by atoms with Gasteiger partial charge in [0.2, 0.25) is 5.91 Å². The fraction of sp³-hybridized carbons (Fsp3) is 0.346. The number of amides is 1. The average Bonchev–Trinajstić information content (AvgIpc) is 2.89. The van der Waals surface area contributed by atoms with Crippen molar-refractivity contribution in [3.63, 3.8) is 0 Å². The summed E-state index contributed by atoms with van der Waals surface area (Å²) in [5, 5.41) is 0.690. The molecule has 2 aliphatic heterocycles. The fourth-order valence-corrected chi connectivity index (χ4v) is 6.46. The zero-order valence-corrected chi connectivity index (χ0v) is 21.2. The van der Waals surface area contributed by atoms with E-state index in [9.17, 15) is 22.8 Å². The van der Waals surface area contributed by atoms with Crippen LogP contribution in [-0.2, 0) is 9.53 Å². The van der Waals surface area contributed by atoms with E-state index in [1.165, 1.54) is 17.8 Å². The highest BCUT2D eigenvalue weighted by molar-refractivity contribution is 7.99. The lowest BCUT2D eigenvalue weighted by atomic mass is 9.96. The maximum Gasteiger partial charge on any atom is 0.350 e. The van der Waals surface area contributed by atoms with Crippen LogP contribution in [0.2, 0.25) is 0 Å². The number of carbonyl (C=O) groups excluding carboxylic acids is 1. The summed E-state index contributed by atoms with van der Waals surface area (Å²) in [6.07, 6.45) is 1.28. The molecule has 5 rings (SSSR count). The van der Waals surface area contributed by atoms with Crippen molar-refractivity contribution in [1.29, 1.82) is 0 Å². The number of aromatic nitrogens is 2. The lowest BCUT2D eigenvalue weighted by Crippen LogP contribution is -2.49. The molecule has 194 valence electrons. The Hall–Kier alpha value is -3.31. The number of ether oxygens (including phenoxy) is 1. The van der Waals surface area contributed by atoms with Crippen LogP contribution in [0.15, 0.2) is 40.5 Å². The molecule has 0 saturated carbocycles. The first kappa shape index (κ1) is 25.3. The van der Waals surface area contributed by atoms with Gasteiger partial charge in [-0.2, -0.15) is 4.98 Å². The Bertz CT molecular complexity index is 1480. The van der Waals surface area contributed by atoms with Crippen LogP contribution in [0, 0.1) is 24.4 Å². The van der Waals surface area contributed by atoms with Crippen LogP contribution in [0.1, 0.15) is 11.6 Å². The van der Waals surface area contributed by atoms with Crippen LogP contribution >= 0.6 is 11.8 Å². The quantitative estimate of drug-likeness (QED) is 0.368. The first-order chi connectivity index (χ1) is 17.7. The molecule has 1 amide bonds. The van der Waals surface area contributed by atoms with Crippen molar-refractivity contribution in [2.24, 2.45) is 0 Å². The number of rotatable bonds is 5. The normalized spacial score (nSPS) is 17.4. The van der Waals surface area contributed by atoms with E-state index in [1.807, 2.05) is 11.0 Å². The Labute approximate surface area is 215 Å². The van der Waals surface area contributed by atoms with Crippen molar-refractivity contribution in [1.82, 2.24) is 14.5 Å². The molecule has 0 radical (unpaired) electrons. The summed E-state index contributed by atoms with van der Waals surface area (Å²) in [4.78, 5) is 34.1. The number of piperazine rings is 1. The van der Waals surface area contributed by atoms with Gasteiger partial charge < -0.3 is 14.5 Å². The number of halogens is 3. The minimum absolute atomic E-state index is 0.0695. The summed E-state index contributed by atoms with van der Waals surface area (Å²) >= 11 is 1.42. The predicted molar refractivity (Wildman–Crippen MR) is 137 cm³/mol. The maximum atomic E-state index is 14.9. The number of methoxy groups -OCH3 is 1. The van der Waals surface area contributed by atoms with E-state index in [0.717, 1.165) is 6.07 Å². The van der Waals surface area contributed by atoms with Gasteiger partial charge in [0.25, 0.3) is 0 Å². The number of anilines is 1. The van der Waals surface area contributed by atoms with Crippen LogP contribution in [-0.4, -0.2) is 66.0 Å². The second-order valence-corrected chi connectivity index (χ2v) is 10.1. The highest BCUT2D eigenvalue weighted by Gasteiger charge is 2.32. The third-order valence-corrected chi connectivity index (χ3v) is 8.07. The second kappa shape index (κ2) is 9.86. The van der Waals surface area contributed by atoms with Gasteiger partial charge in [0.15, 0.2) is 11.6 Å². The van der Waals surface area contributed by atoms with Crippen LogP contribution in [0.3, 0.4) is 0 Å². The molecular weight excluding hydrogens is 505 g/mol. The molecule has 0 spiro atoms. The predicted octanol–water partition coefficient (Wildman–Crippen LogP) is 3.92. The molecule has 0 aliphatic carbocycles. The minimum Gasteiger partial charge on any atom is -0.383 e. The van der Waals surface area contributed by atoms with E-state index in [0.29, 0.717) is 70.7 Å². The zero-order chi connectivity index (χ0) is 26.4. The van der Waals surface area contributed by atoms with E-state index in [-0.39, 0.29) is 24.1 Å². The molecule has 3 heterocycles. The van der Waals surface area contributed by atoms with Gasteiger partial charge in [-0.05, 0) is 30.7 Å². The SMILES string of the molecule is C=CC(=O)N1CCN(c2nc(=O)n3c4c(c(-c5cc(F)c(F)cc5F)c(C)cc24)SCC3COC)CC1. The molecule has 2 aliphatic rings. The monoisotopic (exact) mass is 530 g/mol. The average molecular weight is 531 g/mol. The van der Waals surface area contributed by atoms with E-state index < -0.39 is 23.1 Å². The molecule has 0 bridgehead atoms. The molecule has 0 N–H and O–H groups in total. The summed E-state index contributed by atoms with van der Waals surface area (Å²) in [5.41, 5.74) is 1.06. The molecule has 1 fully saturated rings. The molecule has 3 aromatic rings. The minimum atomic E-state index is -1.27. The number of thioether (sulfide) groups is 1. The van der Waals surface area contributed by atoms with E-state index in [1.54, 1.807) is 23.5 Å². The van der Waals surface area contributed by atoms with Gasteiger partial charge in [-0.25, -0.2) is 18.0 Å². The Morgan fingerprint density at radius 3 is 2.54 bits per heavy atom. The molecule has 1 atom stereocenters. The van der Waals surface area contributed by atoms with E-state index >= 15 is 0 Å². The zero-order valence-electron chi connectivity index (χ0n) is 20.4.